The largest absolute Gasteiger partial charge is 0.493 e. The Morgan fingerprint density at radius 1 is 1.37 bits per heavy atom. The summed E-state index contributed by atoms with van der Waals surface area (Å²) in [6.45, 7) is 0. The summed E-state index contributed by atoms with van der Waals surface area (Å²) in [5.41, 5.74) is 1.40. The zero-order valence-electron chi connectivity index (χ0n) is 10.8. The Labute approximate surface area is 111 Å². The van der Waals surface area contributed by atoms with E-state index in [1.54, 1.807) is 7.11 Å². The van der Waals surface area contributed by atoms with E-state index >= 15 is 0 Å². The quantitative estimate of drug-likeness (QED) is 0.833. The molecule has 0 saturated heterocycles. The Bertz CT molecular complexity index is 580. The van der Waals surface area contributed by atoms with Gasteiger partial charge in [0.1, 0.15) is 0 Å². The lowest BCUT2D eigenvalue weighted by Crippen LogP contribution is -2.51. The number of hydrogen-bond acceptors (Lipinski definition) is 4. The maximum atomic E-state index is 12.1. The van der Waals surface area contributed by atoms with Crippen molar-refractivity contribution < 1.29 is 19.4 Å². The second-order valence-electron chi connectivity index (χ2n) is 5.76. The Kier molecular flexibility index (Phi) is 2.09. The molecule has 1 N–H and O–H groups in total. The highest BCUT2D eigenvalue weighted by Crippen LogP contribution is 2.57. The van der Waals surface area contributed by atoms with Gasteiger partial charge in [0.05, 0.1) is 18.6 Å². The first-order valence-corrected chi connectivity index (χ1v) is 6.75. The fraction of sp³-hybridized carbons (Fsp3) is 0.533. The summed E-state index contributed by atoms with van der Waals surface area (Å²) >= 11 is 0. The number of ether oxygens (including phenoxy) is 2. The molecule has 1 fully saturated rings. The van der Waals surface area contributed by atoms with Crippen LogP contribution >= 0.6 is 0 Å². The Balaban J connectivity index is 1.96. The number of rotatable bonds is 1. The molecule has 1 aromatic carbocycles. The molecule has 100 valence electrons. The van der Waals surface area contributed by atoms with E-state index in [-0.39, 0.29) is 11.7 Å². The molecule has 1 saturated carbocycles. The first kappa shape index (κ1) is 11.3. The summed E-state index contributed by atoms with van der Waals surface area (Å²) < 4.78 is 11.2. The van der Waals surface area contributed by atoms with Crippen LogP contribution in [0.4, 0.5) is 0 Å². The summed E-state index contributed by atoms with van der Waals surface area (Å²) in [7, 11) is 1.60. The predicted octanol–water partition coefficient (Wildman–Crippen LogP) is 1.58. The summed E-state index contributed by atoms with van der Waals surface area (Å²) in [4.78, 5) is 12.1. The maximum Gasteiger partial charge on any atom is 0.174 e. The molecule has 0 radical (unpaired) electrons. The number of carbonyl (C=O) groups is 1. The Morgan fingerprint density at radius 3 is 2.95 bits per heavy atom. The van der Waals surface area contributed by atoms with Crippen molar-refractivity contribution in [2.45, 2.75) is 43.3 Å². The van der Waals surface area contributed by atoms with Crippen molar-refractivity contribution in [2.75, 3.05) is 7.11 Å². The van der Waals surface area contributed by atoms with Crippen molar-refractivity contribution in [1.82, 2.24) is 0 Å². The van der Waals surface area contributed by atoms with Crippen LogP contribution in [0.3, 0.4) is 0 Å². The predicted molar refractivity (Wildman–Crippen MR) is 67.7 cm³/mol. The molecule has 1 aliphatic heterocycles. The van der Waals surface area contributed by atoms with Crippen molar-refractivity contribution in [3.63, 3.8) is 0 Å². The van der Waals surface area contributed by atoms with E-state index in [0.29, 0.717) is 30.8 Å². The molecule has 3 atom stereocenters. The van der Waals surface area contributed by atoms with Gasteiger partial charge in [-0.3, -0.25) is 4.79 Å². The lowest BCUT2D eigenvalue weighted by Gasteiger charge is -2.43. The Hall–Kier alpha value is -1.55. The van der Waals surface area contributed by atoms with Gasteiger partial charge >= 0.3 is 0 Å². The lowest BCUT2D eigenvalue weighted by atomic mass is 9.64. The van der Waals surface area contributed by atoms with Crippen molar-refractivity contribution in [1.29, 1.82) is 0 Å². The highest BCUT2D eigenvalue weighted by molar-refractivity contribution is 5.88. The van der Waals surface area contributed by atoms with Crippen molar-refractivity contribution in [2.24, 2.45) is 0 Å². The molecule has 1 aromatic rings. The monoisotopic (exact) mass is 260 g/mol. The van der Waals surface area contributed by atoms with Crippen LogP contribution in [0.1, 0.15) is 36.3 Å². The highest BCUT2D eigenvalue weighted by Gasteiger charge is 2.57. The van der Waals surface area contributed by atoms with Crippen molar-refractivity contribution in [3.05, 3.63) is 23.3 Å². The Morgan fingerprint density at radius 2 is 2.16 bits per heavy atom. The number of ketones is 1. The minimum Gasteiger partial charge on any atom is -0.493 e. The second kappa shape index (κ2) is 3.51. The molecule has 3 unspecified atom stereocenters. The fourth-order valence-corrected chi connectivity index (χ4v) is 3.88. The second-order valence-corrected chi connectivity index (χ2v) is 5.76. The van der Waals surface area contributed by atoms with E-state index in [0.717, 1.165) is 12.0 Å². The first-order valence-electron chi connectivity index (χ1n) is 6.75. The number of carbonyl (C=O) groups excluding carboxylic acids is 1. The number of hydrogen-bond donors (Lipinski definition) is 1. The van der Waals surface area contributed by atoms with Crippen LogP contribution in [0.25, 0.3) is 0 Å². The van der Waals surface area contributed by atoms with E-state index in [2.05, 4.69) is 0 Å². The lowest BCUT2D eigenvalue weighted by molar-refractivity contribution is -0.138. The molecule has 2 aliphatic carbocycles. The van der Waals surface area contributed by atoms with E-state index < -0.39 is 11.7 Å². The standard InChI is InChI=1S/C15H16O4/c1-18-10-3-2-8-4-6-15(17)7-5-9(16)13-12(15)11(8)14(10)19-13/h2-3,12-13,17H,4-7H2,1H3. The molecule has 0 aromatic heterocycles. The summed E-state index contributed by atoms with van der Waals surface area (Å²) in [5.74, 6) is 1.22. The minimum absolute atomic E-state index is 0.0979. The summed E-state index contributed by atoms with van der Waals surface area (Å²) in [6, 6.07) is 3.92. The molecular formula is C15H16O4. The average Bonchev–Trinajstić information content (AvgIpc) is 2.83. The van der Waals surface area contributed by atoms with Crippen molar-refractivity contribution >= 4 is 5.78 Å². The van der Waals surface area contributed by atoms with Gasteiger partial charge in [-0.1, -0.05) is 6.07 Å². The third-order valence-electron chi connectivity index (χ3n) is 4.86. The van der Waals surface area contributed by atoms with Gasteiger partial charge in [0.25, 0.3) is 0 Å². The molecule has 0 bridgehead atoms. The van der Waals surface area contributed by atoms with Crippen LogP contribution in [0.15, 0.2) is 12.1 Å². The van der Waals surface area contributed by atoms with Gasteiger partial charge in [-0.05, 0) is 30.9 Å². The SMILES string of the molecule is COc1ccc2c3c1OC1C(=O)CCC(O)(CC2)C31. The third-order valence-corrected chi connectivity index (χ3v) is 4.86. The number of aliphatic hydroxyl groups is 1. The topological polar surface area (TPSA) is 55.8 Å². The number of benzene rings is 1. The molecule has 1 heterocycles. The summed E-state index contributed by atoms with van der Waals surface area (Å²) in [5, 5.41) is 10.8. The molecule has 4 rings (SSSR count). The van der Waals surface area contributed by atoms with Gasteiger partial charge in [0.2, 0.25) is 0 Å². The molecule has 19 heavy (non-hydrogen) atoms. The van der Waals surface area contributed by atoms with E-state index in [9.17, 15) is 9.90 Å². The van der Waals surface area contributed by atoms with Gasteiger partial charge in [-0.15, -0.1) is 0 Å². The van der Waals surface area contributed by atoms with Gasteiger partial charge in [0.15, 0.2) is 23.4 Å². The molecule has 0 spiro atoms. The summed E-state index contributed by atoms with van der Waals surface area (Å²) in [6.07, 6.45) is 1.98. The van der Waals surface area contributed by atoms with E-state index in [4.69, 9.17) is 9.47 Å². The molecular weight excluding hydrogens is 244 g/mol. The number of methoxy groups -OCH3 is 1. The minimum atomic E-state index is -0.789. The van der Waals surface area contributed by atoms with Crippen LogP contribution < -0.4 is 9.47 Å². The molecule has 3 aliphatic rings. The molecule has 4 heteroatoms. The zero-order chi connectivity index (χ0) is 13.2. The zero-order valence-corrected chi connectivity index (χ0v) is 10.8. The molecule has 0 amide bonds. The van der Waals surface area contributed by atoms with Crippen LogP contribution in [0.5, 0.6) is 11.5 Å². The van der Waals surface area contributed by atoms with Crippen molar-refractivity contribution in [3.8, 4) is 11.5 Å². The number of aryl methyl sites for hydroxylation is 1. The first-order chi connectivity index (χ1) is 9.14. The van der Waals surface area contributed by atoms with Gasteiger partial charge in [-0.25, -0.2) is 0 Å². The number of Topliss-reactive ketones (excluding diaryl/α,β-unsaturated/α-hetero) is 1. The van der Waals surface area contributed by atoms with Crippen LogP contribution in [-0.2, 0) is 11.2 Å². The average molecular weight is 260 g/mol. The van der Waals surface area contributed by atoms with Gasteiger partial charge < -0.3 is 14.6 Å². The van der Waals surface area contributed by atoms with Crippen LogP contribution in [0, 0.1) is 0 Å². The van der Waals surface area contributed by atoms with Crippen LogP contribution in [-0.4, -0.2) is 29.7 Å². The van der Waals surface area contributed by atoms with E-state index in [1.807, 2.05) is 12.1 Å². The van der Waals surface area contributed by atoms with E-state index in [1.165, 1.54) is 5.56 Å². The fourth-order valence-electron chi connectivity index (χ4n) is 3.88. The third kappa shape index (κ3) is 1.30. The smallest absolute Gasteiger partial charge is 0.174 e. The normalized spacial score (nSPS) is 34.7. The van der Waals surface area contributed by atoms with Crippen LogP contribution in [0.2, 0.25) is 0 Å². The van der Waals surface area contributed by atoms with Gasteiger partial charge in [0, 0.05) is 12.0 Å². The van der Waals surface area contributed by atoms with Gasteiger partial charge in [-0.2, -0.15) is 0 Å². The maximum absolute atomic E-state index is 12.1. The molecule has 4 nitrogen and oxygen atoms in total. The highest BCUT2D eigenvalue weighted by atomic mass is 16.5.